The van der Waals surface area contributed by atoms with Crippen molar-refractivity contribution >= 4 is 11.8 Å². The Labute approximate surface area is 156 Å². The van der Waals surface area contributed by atoms with Crippen LogP contribution in [0.2, 0.25) is 0 Å². The van der Waals surface area contributed by atoms with Gasteiger partial charge < -0.3 is 10.2 Å². The van der Waals surface area contributed by atoms with Crippen LogP contribution < -0.4 is 5.32 Å². The molecule has 2 amide bonds. The van der Waals surface area contributed by atoms with Crippen molar-refractivity contribution in [2.24, 2.45) is 0 Å². The molecule has 0 spiro atoms. The number of benzene rings is 1. The summed E-state index contributed by atoms with van der Waals surface area (Å²) in [5.41, 5.74) is 1.38. The van der Waals surface area contributed by atoms with Crippen LogP contribution in [0.4, 0.5) is 0 Å². The standard InChI is InChI=1S/C20H30N4O2/c1-2-21-19(25)15-22-10-12-24(13-11-22)20(26)16-23-9-8-18(14-23)17-6-4-3-5-7-17/h3-7,18H,2,8-16H2,1H3,(H,21,25)/t18-/m0/s1. The van der Waals surface area contributed by atoms with Crippen LogP contribution >= 0.6 is 0 Å². The van der Waals surface area contributed by atoms with Crippen LogP contribution in [0.25, 0.3) is 0 Å². The molecule has 142 valence electrons. The first-order valence-corrected chi connectivity index (χ1v) is 9.70. The average Bonchev–Trinajstić information content (AvgIpc) is 3.12. The van der Waals surface area contributed by atoms with Crippen molar-refractivity contribution in [3.05, 3.63) is 35.9 Å². The molecule has 0 saturated carbocycles. The van der Waals surface area contributed by atoms with Gasteiger partial charge in [0.1, 0.15) is 0 Å². The van der Waals surface area contributed by atoms with E-state index in [0.29, 0.717) is 38.6 Å². The van der Waals surface area contributed by atoms with E-state index in [9.17, 15) is 9.59 Å². The van der Waals surface area contributed by atoms with E-state index in [1.54, 1.807) is 0 Å². The van der Waals surface area contributed by atoms with Gasteiger partial charge >= 0.3 is 0 Å². The fourth-order valence-electron chi connectivity index (χ4n) is 3.88. The van der Waals surface area contributed by atoms with E-state index in [-0.39, 0.29) is 11.8 Å². The molecule has 3 rings (SSSR count). The summed E-state index contributed by atoms with van der Waals surface area (Å²) < 4.78 is 0. The smallest absolute Gasteiger partial charge is 0.236 e. The van der Waals surface area contributed by atoms with Gasteiger partial charge in [0.25, 0.3) is 0 Å². The summed E-state index contributed by atoms with van der Waals surface area (Å²) in [7, 11) is 0. The lowest BCUT2D eigenvalue weighted by atomic mass is 9.99. The van der Waals surface area contributed by atoms with Crippen LogP contribution in [0.15, 0.2) is 30.3 Å². The minimum atomic E-state index is 0.0660. The molecule has 2 heterocycles. The Hall–Kier alpha value is -1.92. The molecule has 1 aromatic carbocycles. The van der Waals surface area contributed by atoms with E-state index >= 15 is 0 Å². The number of likely N-dealkylation sites (tertiary alicyclic amines) is 1. The Balaban J connectivity index is 1.40. The summed E-state index contributed by atoms with van der Waals surface area (Å²) in [5, 5.41) is 2.82. The lowest BCUT2D eigenvalue weighted by Gasteiger charge is -2.35. The van der Waals surface area contributed by atoms with Crippen molar-refractivity contribution < 1.29 is 9.59 Å². The molecular weight excluding hydrogens is 328 g/mol. The van der Waals surface area contributed by atoms with E-state index in [0.717, 1.165) is 32.6 Å². The highest BCUT2D eigenvalue weighted by Gasteiger charge is 2.28. The van der Waals surface area contributed by atoms with Crippen molar-refractivity contribution in [3.63, 3.8) is 0 Å². The first kappa shape index (κ1) is 18.9. The lowest BCUT2D eigenvalue weighted by molar-refractivity contribution is -0.134. The number of hydrogen-bond acceptors (Lipinski definition) is 4. The molecule has 26 heavy (non-hydrogen) atoms. The molecule has 2 fully saturated rings. The van der Waals surface area contributed by atoms with E-state index in [2.05, 4.69) is 39.4 Å². The van der Waals surface area contributed by atoms with Crippen molar-refractivity contribution in [1.82, 2.24) is 20.0 Å². The number of rotatable bonds is 6. The molecule has 0 aliphatic carbocycles. The second kappa shape index (κ2) is 9.14. The SMILES string of the molecule is CCNC(=O)CN1CCN(C(=O)CN2CC[C@H](c3ccccc3)C2)CC1. The molecular formula is C20H30N4O2. The second-order valence-corrected chi connectivity index (χ2v) is 7.24. The molecule has 0 radical (unpaired) electrons. The second-order valence-electron chi connectivity index (χ2n) is 7.24. The molecule has 2 saturated heterocycles. The Morgan fingerprint density at radius 1 is 1.00 bits per heavy atom. The Morgan fingerprint density at radius 3 is 2.42 bits per heavy atom. The summed E-state index contributed by atoms with van der Waals surface area (Å²) >= 11 is 0. The molecule has 1 atom stereocenters. The number of carbonyl (C=O) groups excluding carboxylic acids is 2. The van der Waals surface area contributed by atoms with Crippen molar-refractivity contribution in [3.8, 4) is 0 Å². The largest absolute Gasteiger partial charge is 0.355 e. The zero-order valence-electron chi connectivity index (χ0n) is 15.7. The van der Waals surface area contributed by atoms with Crippen molar-refractivity contribution in [2.75, 3.05) is 58.9 Å². The average molecular weight is 358 g/mol. The monoisotopic (exact) mass is 358 g/mol. The van der Waals surface area contributed by atoms with Gasteiger partial charge in [0.15, 0.2) is 0 Å². The minimum absolute atomic E-state index is 0.0660. The topological polar surface area (TPSA) is 55.9 Å². The number of piperazine rings is 1. The number of likely N-dealkylation sites (N-methyl/N-ethyl adjacent to an activating group) is 1. The number of amides is 2. The number of nitrogens with zero attached hydrogens (tertiary/aromatic N) is 3. The Kier molecular flexibility index (Phi) is 6.63. The highest BCUT2D eigenvalue weighted by molar-refractivity contribution is 5.79. The summed E-state index contributed by atoms with van der Waals surface area (Å²) in [6.45, 7) is 8.47. The van der Waals surface area contributed by atoms with E-state index in [1.165, 1.54) is 5.56 Å². The van der Waals surface area contributed by atoms with Gasteiger partial charge in [-0.15, -0.1) is 0 Å². The number of carbonyl (C=O) groups is 2. The zero-order valence-corrected chi connectivity index (χ0v) is 15.7. The number of hydrogen-bond donors (Lipinski definition) is 1. The molecule has 0 aromatic heterocycles. The van der Waals surface area contributed by atoms with Crippen LogP contribution in [0, 0.1) is 0 Å². The Morgan fingerprint density at radius 2 is 1.73 bits per heavy atom. The molecule has 0 unspecified atom stereocenters. The normalized spacial score (nSPS) is 21.7. The highest BCUT2D eigenvalue weighted by atomic mass is 16.2. The first-order valence-electron chi connectivity index (χ1n) is 9.70. The summed E-state index contributed by atoms with van der Waals surface area (Å²) in [4.78, 5) is 30.6. The molecule has 2 aliphatic heterocycles. The van der Waals surface area contributed by atoms with E-state index in [1.807, 2.05) is 17.9 Å². The fraction of sp³-hybridized carbons (Fsp3) is 0.600. The van der Waals surface area contributed by atoms with Crippen molar-refractivity contribution in [2.45, 2.75) is 19.3 Å². The van der Waals surface area contributed by atoms with Crippen LogP contribution in [-0.4, -0.2) is 85.4 Å². The van der Waals surface area contributed by atoms with E-state index < -0.39 is 0 Å². The zero-order chi connectivity index (χ0) is 18.4. The third-order valence-electron chi connectivity index (χ3n) is 5.37. The molecule has 2 aliphatic rings. The number of nitrogens with one attached hydrogen (secondary N) is 1. The van der Waals surface area contributed by atoms with Gasteiger partial charge in [-0.1, -0.05) is 30.3 Å². The predicted molar refractivity (Wildman–Crippen MR) is 102 cm³/mol. The first-order chi connectivity index (χ1) is 12.7. The molecule has 6 heteroatoms. The van der Waals surface area contributed by atoms with Crippen LogP contribution in [0.5, 0.6) is 0 Å². The van der Waals surface area contributed by atoms with Gasteiger partial charge in [0, 0.05) is 39.3 Å². The maximum Gasteiger partial charge on any atom is 0.236 e. The van der Waals surface area contributed by atoms with Gasteiger partial charge in [0.05, 0.1) is 13.1 Å². The van der Waals surface area contributed by atoms with Gasteiger partial charge in [-0.05, 0) is 31.4 Å². The van der Waals surface area contributed by atoms with Crippen LogP contribution in [0.1, 0.15) is 24.8 Å². The maximum atomic E-state index is 12.6. The predicted octanol–water partition coefficient (Wildman–Crippen LogP) is 0.756. The van der Waals surface area contributed by atoms with E-state index in [4.69, 9.17) is 0 Å². The van der Waals surface area contributed by atoms with Crippen molar-refractivity contribution in [1.29, 1.82) is 0 Å². The third kappa shape index (κ3) is 5.05. The van der Waals surface area contributed by atoms with Crippen LogP contribution in [0.3, 0.4) is 0 Å². The summed E-state index contributed by atoms with van der Waals surface area (Å²) in [6.07, 6.45) is 1.12. The van der Waals surface area contributed by atoms with Gasteiger partial charge in [-0.2, -0.15) is 0 Å². The summed E-state index contributed by atoms with van der Waals surface area (Å²) in [6, 6.07) is 10.6. The lowest BCUT2D eigenvalue weighted by Crippen LogP contribution is -2.52. The maximum absolute atomic E-state index is 12.6. The van der Waals surface area contributed by atoms with Gasteiger partial charge in [0.2, 0.25) is 11.8 Å². The van der Waals surface area contributed by atoms with Gasteiger partial charge in [-0.25, -0.2) is 0 Å². The molecule has 6 nitrogen and oxygen atoms in total. The Bertz CT molecular complexity index is 599. The minimum Gasteiger partial charge on any atom is -0.355 e. The summed E-state index contributed by atoms with van der Waals surface area (Å²) in [5.74, 6) is 0.825. The highest BCUT2D eigenvalue weighted by Crippen LogP contribution is 2.26. The van der Waals surface area contributed by atoms with Crippen LogP contribution in [-0.2, 0) is 9.59 Å². The fourth-order valence-corrected chi connectivity index (χ4v) is 3.88. The third-order valence-corrected chi connectivity index (χ3v) is 5.37. The van der Waals surface area contributed by atoms with Gasteiger partial charge in [-0.3, -0.25) is 19.4 Å². The molecule has 1 aromatic rings. The molecule has 0 bridgehead atoms. The quantitative estimate of drug-likeness (QED) is 0.816. The molecule has 1 N–H and O–H groups in total.